The Morgan fingerprint density at radius 1 is 1.24 bits per heavy atom. The van der Waals surface area contributed by atoms with Crippen LogP contribution in [0.25, 0.3) is 5.82 Å². The highest BCUT2D eigenvalue weighted by Crippen LogP contribution is 2.17. The molecule has 0 aliphatic carbocycles. The highest BCUT2D eigenvalue weighted by Gasteiger charge is 2.12. The van der Waals surface area contributed by atoms with Crippen LogP contribution in [-0.2, 0) is 0 Å². The van der Waals surface area contributed by atoms with Crippen LogP contribution in [0.3, 0.4) is 0 Å². The fourth-order valence-corrected chi connectivity index (χ4v) is 1.87. The first-order chi connectivity index (χ1) is 10.2. The first-order valence-corrected chi connectivity index (χ1v) is 6.35. The van der Waals surface area contributed by atoms with Gasteiger partial charge in [0.05, 0.1) is 5.69 Å². The predicted molar refractivity (Wildman–Crippen MR) is 76.4 cm³/mol. The predicted octanol–water partition coefficient (Wildman–Crippen LogP) is 1.96. The van der Waals surface area contributed by atoms with Crippen LogP contribution in [0, 0.1) is 0 Å². The van der Waals surface area contributed by atoms with Gasteiger partial charge in [-0.15, -0.1) is 0 Å². The maximum absolute atomic E-state index is 12.2. The molecule has 0 bridgehead atoms. The summed E-state index contributed by atoms with van der Waals surface area (Å²) in [7, 11) is 0. The molecule has 0 saturated heterocycles. The lowest BCUT2D eigenvalue weighted by molar-refractivity contribution is 0.102. The normalized spacial score (nSPS) is 10.3. The number of hydrogen-bond donors (Lipinski definition) is 1. The molecule has 0 aromatic carbocycles. The summed E-state index contributed by atoms with van der Waals surface area (Å²) in [6, 6.07) is 6.51. The number of pyridine rings is 2. The molecule has 3 rings (SSSR count). The van der Waals surface area contributed by atoms with Crippen molar-refractivity contribution in [1.29, 1.82) is 0 Å². The van der Waals surface area contributed by atoms with E-state index in [1.54, 1.807) is 24.4 Å². The summed E-state index contributed by atoms with van der Waals surface area (Å²) in [6.07, 6.45) is 5.96. The van der Waals surface area contributed by atoms with Gasteiger partial charge in [-0.05, 0) is 24.3 Å². The van der Waals surface area contributed by atoms with E-state index in [4.69, 9.17) is 11.6 Å². The topological polar surface area (TPSA) is 85.6 Å². The SMILES string of the molecule is O=C(Nc1cccnc1-n1cncn1)c1cc(Cl)ccn1. The molecule has 8 heteroatoms. The molecule has 0 unspecified atom stereocenters. The molecule has 0 aliphatic rings. The Bertz CT molecular complexity index is 774. The summed E-state index contributed by atoms with van der Waals surface area (Å²) in [6.45, 7) is 0. The van der Waals surface area contributed by atoms with Crippen LogP contribution in [0.1, 0.15) is 10.5 Å². The van der Waals surface area contributed by atoms with Gasteiger partial charge in [-0.3, -0.25) is 9.78 Å². The number of carbonyl (C=O) groups is 1. The molecule has 3 heterocycles. The number of nitrogens with zero attached hydrogens (tertiary/aromatic N) is 5. The summed E-state index contributed by atoms with van der Waals surface area (Å²) in [5, 5.41) is 7.17. The highest BCUT2D eigenvalue weighted by atomic mass is 35.5. The molecule has 21 heavy (non-hydrogen) atoms. The summed E-state index contributed by atoms with van der Waals surface area (Å²) < 4.78 is 1.46. The van der Waals surface area contributed by atoms with E-state index in [1.807, 2.05) is 0 Å². The third kappa shape index (κ3) is 2.87. The standard InChI is InChI=1S/C13H9ClN6O/c14-9-3-5-16-11(6-9)13(21)19-10-2-1-4-17-12(10)20-8-15-7-18-20/h1-8H,(H,19,21). The third-order valence-corrected chi connectivity index (χ3v) is 2.86. The third-order valence-electron chi connectivity index (χ3n) is 2.63. The van der Waals surface area contributed by atoms with Crippen molar-refractivity contribution < 1.29 is 4.79 Å². The van der Waals surface area contributed by atoms with Crippen molar-refractivity contribution in [3.8, 4) is 5.82 Å². The monoisotopic (exact) mass is 300 g/mol. The molecule has 0 saturated carbocycles. The molecule has 3 aromatic heterocycles. The summed E-state index contributed by atoms with van der Waals surface area (Å²) in [5.41, 5.74) is 0.714. The summed E-state index contributed by atoms with van der Waals surface area (Å²) in [5.74, 6) is 0.0808. The number of hydrogen-bond acceptors (Lipinski definition) is 5. The van der Waals surface area contributed by atoms with Crippen molar-refractivity contribution in [2.45, 2.75) is 0 Å². The number of nitrogens with one attached hydrogen (secondary N) is 1. The van der Waals surface area contributed by atoms with Crippen molar-refractivity contribution in [3.63, 3.8) is 0 Å². The number of aromatic nitrogens is 5. The Labute approximate surface area is 124 Å². The van der Waals surface area contributed by atoms with Gasteiger partial charge in [-0.25, -0.2) is 14.6 Å². The van der Waals surface area contributed by atoms with Crippen LogP contribution in [-0.4, -0.2) is 30.6 Å². The average molecular weight is 301 g/mol. The Balaban J connectivity index is 1.90. The molecule has 0 atom stereocenters. The Morgan fingerprint density at radius 2 is 2.14 bits per heavy atom. The van der Waals surface area contributed by atoms with E-state index in [2.05, 4.69) is 25.4 Å². The molecule has 104 valence electrons. The second kappa shape index (κ2) is 5.68. The van der Waals surface area contributed by atoms with Crippen LogP contribution < -0.4 is 5.32 Å². The van der Waals surface area contributed by atoms with E-state index in [1.165, 1.54) is 29.6 Å². The average Bonchev–Trinajstić information content (AvgIpc) is 3.02. The summed E-state index contributed by atoms with van der Waals surface area (Å²) >= 11 is 5.85. The van der Waals surface area contributed by atoms with Gasteiger partial charge in [-0.1, -0.05) is 11.6 Å². The van der Waals surface area contributed by atoms with Gasteiger partial charge in [0.15, 0.2) is 5.82 Å². The Morgan fingerprint density at radius 3 is 2.90 bits per heavy atom. The minimum absolute atomic E-state index is 0.218. The molecule has 1 N–H and O–H groups in total. The lowest BCUT2D eigenvalue weighted by atomic mass is 10.3. The summed E-state index contributed by atoms with van der Waals surface area (Å²) in [4.78, 5) is 24.2. The van der Waals surface area contributed by atoms with Crippen LogP contribution in [0.2, 0.25) is 5.02 Å². The van der Waals surface area contributed by atoms with E-state index in [0.29, 0.717) is 16.5 Å². The number of anilines is 1. The maximum Gasteiger partial charge on any atom is 0.274 e. The lowest BCUT2D eigenvalue weighted by Gasteiger charge is -2.09. The minimum Gasteiger partial charge on any atom is -0.317 e. The molecule has 0 radical (unpaired) electrons. The highest BCUT2D eigenvalue weighted by molar-refractivity contribution is 6.30. The number of halogens is 1. The zero-order chi connectivity index (χ0) is 14.7. The zero-order valence-electron chi connectivity index (χ0n) is 10.6. The van der Waals surface area contributed by atoms with E-state index in [-0.39, 0.29) is 11.6 Å². The molecule has 7 nitrogen and oxygen atoms in total. The molecule has 0 aliphatic heterocycles. The largest absolute Gasteiger partial charge is 0.317 e. The number of amides is 1. The fraction of sp³-hybridized carbons (Fsp3) is 0. The van der Waals surface area contributed by atoms with Gasteiger partial charge in [-0.2, -0.15) is 5.10 Å². The van der Waals surface area contributed by atoms with Crippen molar-refractivity contribution >= 4 is 23.2 Å². The Hall–Kier alpha value is -2.80. The smallest absolute Gasteiger partial charge is 0.274 e. The van der Waals surface area contributed by atoms with Gasteiger partial charge < -0.3 is 5.32 Å². The molecule has 0 fully saturated rings. The second-order valence-electron chi connectivity index (χ2n) is 4.03. The first-order valence-electron chi connectivity index (χ1n) is 5.97. The Kier molecular flexibility index (Phi) is 3.57. The van der Waals surface area contributed by atoms with Crippen molar-refractivity contribution in [3.05, 3.63) is 60.0 Å². The van der Waals surface area contributed by atoms with Crippen LogP contribution in [0.5, 0.6) is 0 Å². The molecular formula is C13H9ClN6O. The van der Waals surface area contributed by atoms with Gasteiger partial charge in [0.1, 0.15) is 18.3 Å². The lowest BCUT2D eigenvalue weighted by Crippen LogP contribution is -2.16. The van der Waals surface area contributed by atoms with E-state index in [0.717, 1.165) is 0 Å². The van der Waals surface area contributed by atoms with Gasteiger partial charge in [0.2, 0.25) is 0 Å². The minimum atomic E-state index is -0.383. The van der Waals surface area contributed by atoms with Crippen LogP contribution >= 0.6 is 11.6 Å². The number of carbonyl (C=O) groups excluding carboxylic acids is 1. The second-order valence-corrected chi connectivity index (χ2v) is 4.46. The van der Waals surface area contributed by atoms with E-state index < -0.39 is 0 Å². The van der Waals surface area contributed by atoms with E-state index >= 15 is 0 Å². The quantitative estimate of drug-likeness (QED) is 0.799. The van der Waals surface area contributed by atoms with E-state index in [9.17, 15) is 4.79 Å². The first kappa shape index (κ1) is 13.2. The van der Waals surface area contributed by atoms with Gasteiger partial charge >= 0.3 is 0 Å². The molecule has 0 spiro atoms. The van der Waals surface area contributed by atoms with Crippen LogP contribution in [0.4, 0.5) is 5.69 Å². The van der Waals surface area contributed by atoms with Crippen molar-refractivity contribution in [1.82, 2.24) is 24.7 Å². The van der Waals surface area contributed by atoms with Crippen molar-refractivity contribution in [2.75, 3.05) is 5.32 Å². The fourth-order valence-electron chi connectivity index (χ4n) is 1.71. The van der Waals surface area contributed by atoms with Gasteiger partial charge in [0, 0.05) is 17.4 Å². The van der Waals surface area contributed by atoms with Crippen molar-refractivity contribution in [2.24, 2.45) is 0 Å². The molecule has 3 aromatic rings. The van der Waals surface area contributed by atoms with Crippen LogP contribution in [0.15, 0.2) is 49.3 Å². The number of rotatable bonds is 3. The zero-order valence-corrected chi connectivity index (χ0v) is 11.4. The maximum atomic E-state index is 12.2. The van der Waals surface area contributed by atoms with Gasteiger partial charge in [0.25, 0.3) is 5.91 Å². The molecule has 1 amide bonds. The molecular weight excluding hydrogens is 292 g/mol.